The second-order valence-corrected chi connectivity index (χ2v) is 6.19. The highest BCUT2D eigenvalue weighted by Crippen LogP contribution is 2.28. The summed E-state index contributed by atoms with van der Waals surface area (Å²) in [5, 5.41) is 14.7. The van der Waals surface area contributed by atoms with Crippen LogP contribution in [0.4, 0.5) is 5.69 Å². The first-order chi connectivity index (χ1) is 12.1. The molecule has 7 heteroatoms. The van der Waals surface area contributed by atoms with Crippen molar-refractivity contribution in [1.82, 2.24) is 9.99 Å². The van der Waals surface area contributed by atoms with Crippen molar-refractivity contribution in [2.75, 3.05) is 0 Å². The second-order valence-electron chi connectivity index (χ2n) is 6.19. The molecule has 1 N–H and O–H groups in total. The van der Waals surface area contributed by atoms with Crippen molar-refractivity contribution in [2.24, 2.45) is 5.10 Å². The summed E-state index contributed by atoms with van der Waals surface area (Å²) in [6, 6.07) is 8.06. The smallest absolute Gasteiger partial charge is 0.271 e. The fourth-order valence-electron chi connectivity index (χ4n) is 3.10. The lowest BCUT2D eigenvalue weighted by atomic mass is 9.95. The van der Waals surface area contributed by atoms with E-state index < -0.39 is 10.8 Å². The first kappa shape index (κ1) is 16.9. The molecule has 0 spiro atoms. The largest absolute Gasteiger partial charge is 0.351 e. The van der Waals surface area contributed by atoms with Gasteiger partial charge in [0.05, 0.1) is 11.1 Å². The molecule has 25 heavy (non-hydrogen) atoms. The number of nitro groups is 1. The van der Waals surface area contributed by atoms with Crippen molar-refractivity contribution in [2.45, 2.75) is 38.1 Å². The summed E-state index contributed by atoms with van der Waals surface area (Å²) in [5.74, 6) is -0.480. The molecule has 0 radical (unpaired) electrons. The molecule has 0 unspecified atom stereocenters. The summed E-state index contributed by atoms with van der Waals surface area (Å²) >= 11 is 0. The van der Waals surface area contributed by atoms with E-state index in [4.69, 9.17) is 0 Å². The molecule has 130 valence electrons. The van der Waals surface area contributed by atoms with Crippen LogP contribution in [0, 0.1) is 10.1 Å². The molecule has 7 nitrogen and oxygen atoms in total. The normalized spacial score (nSPS) is 15.4. The third-order valence-corrected chi connectivity index (χ3v) is 4.43. The van der Waals surface area contributed by atoms with Gasteiger partial charge >= 0.3 is 0 Å². The van der Waals surface area contributed by atoms with Crippen molar-refractivity contribution in [3.8, 4) is 0 Å². The maximum atomic E-state index is 12.0. The highest BCUT2D eigenvalue weighted by atomic mass is 16.6. The van der Waals surface area contributed by atoms with E-state index in [1.54, 1.807) is 6.21 Å². The van der Waals surface area contributed by atoms with Gasteiger partial charge in [-0.25, -0.2) is 5.43 Å². The number of rotatable bonds is 5. The number of hydrogen-bond donors (Lipinski definition) is 1. The summed E-state index contributed by atoms with van der Waals surface area (Å²) in [5.41, 5.74) is 3.38. The molecule has 0 atom stereocenters. The Labute approximate surface area is 145 Å². The van der Waals surface area contributed by atoms with Gasteiger partial charge in [-0.15, -0.1) is 0 Å². The molecular weight excluding hydrogens is 320 g/mol. The minimum absolute atomic E-state index is 0.124. The van der Waals surface area contributed by atoms with Crippen LogP contribution in [0.25, 0.3) is 0 Å². The maximum Gasteiger partial charge on any atom is 0.271 e. The monoisotopic (exact) mass is 340 g/mol. The summed E-state index contributed by atoms with van der Waals surface area (Å²) < 4.78 is 2.21. The fourth-order valence-corrected chi connectivity index (χ4v) is 3.10. The molecule has 1 fully saturated rings. The van der Waals surface area contributed by atoms with Gasteiger partial charge < -0.3 is 4.57 Å². The number of aromatic nitrogens is 1. The van der Waals surface area contributed by atoms with Gasteiger partial charge in [0.1, 0.15) is 0 Å². The van der Waals surface area contributed by atoms with Gasteiger partial charge in [-0.3, -0.25) is 14.9 Å². The van der Waals surface area contributed by atoms with Gasteiger partial charge in [0, 0.05) is 41.7 Å². The van der Waals surface area contributed by atoms with E-state index in [9.17, 15) is 14.9 Å². The van der Waals surface area contributed by atoms with Gasteiger partial charge in [-0.05, 0) is 25.0 Å². The molecular formula is C18H20N4O3. The van der Waals surface area contributed by atoms with Crippen molar-refractivity contribution in [3.63, 3.8) is 0 Å². The number of amides is 1. The minimum Gasteiger partial charge on any atom is -0.351 e. The lowest BCUT2D eigenvalue weighted by molar-refractivity contribution is -0.384. The zero-order chi connectivity index (χ0) is 17.6. The fraction of sp³-hybridized carbons (Fsp3) is 0.333. The quantitative estimate of drug-likeness (QED) is 0.511. The number of nitrogens with zero attached hydrogens (tertiary/aromatic N) is 3. The highest BCUT2D eigenvalue weighted by molar-refractivity contribution is 5.95. The average Bonchev–Trinajstić information content (AvgIpc) is 3.11. The first-order valence-corrected chi connectivity index (χ1v) is 8.39. The van der Waals surface area contributed by atoms with Crippen LogP contribution >= 0.6 is 0 Å². The van der Waals surface area contributed by atoms with E-state index in [2.05, 4.69) is 15.1 Å². The van der Waals surface area contributed by atoms with E-state index in [1.165, 1.54) is 56.4 Å². The SMILES string of the molecule is O=C(N/N=C\c1ccn(C2CCCCC2)c1)c1cccc([N+](=O)[O-])c1. The Hall–Kier alpha value is -2.96. The number of hydrogen-bond acceptors (Lipinski definition) is 4. The van der Waals surface area contributed by atoms with Crippen LogP contribution in [-0.2, 0) is 0 Å². The van der Waals surface area contributed by atoms with E-state index in [1.807, 2.05) is 18.5 Å². The molecule has 3 rings (SSSR count). The van der Waals surface area contributed by atoms with Crippen molar-refractivity contribution >= 4 is 17.8 Å². The van der Waals surface area contributed by atoms with Crippen molar-refractivity contribution in [1.29, 1.82) is 0 Å². The van der Waals surface area contributed by atoms with Crippen LogP contribution in [0.3, 0.4) is 0 Å². The van der Waals surface area contributed by atoms with Gasteiger partial charge in [0.2, 0.25) is 0 Å². The highest BCUT2D eigenvalue weighted by Gasteiger charge is 2.14. The van der Waals surface area contributed by atoms with Gasteiger partial charge in [-0.2, -0.15) is 5.10 Å². The minimum atomic E-state index is -0.534. The van der Waals surface area contributed by atoms with Crippen molar-refractivity contribution < 1.29 is 9.72 Å². The number of carbonyl (C=O) groups excluding carboxylic acids is 1. The Bertz CT molecular complexity index is 791. The summed E-state index contributed by atoms with van der Waals surface area (Å²) in [4.78, 5) is 22.2. The van der Waals surface area contributed by atoms with E-state index in [0.29, 0.717) is 6.04 Å². The van der Waals surface area contributed by atoms with Crippen LogP contribution in [0.2, 0.25) is 0 Å². The lowest BCUT2D eigenvalue weighted by Gasteiger charge is -2.23. The van der Waals surface area contributed by atoms with Crippen LogP contribution in [-0.4, -0.2) is 21.6 Å². The van der Waals surface area contributed by atoms with E-state index >= 15 is 0 Å². The van der Waals surface area contributed by atoms with E-state index in [0.717, 1.165) is 5.56 Å². The predicted molar refractivity (Wildman–Crippen MR) is 94.7 cm³/mol. The van der Waals surface area contributed by atoms with Crippen LogP contribution in [0.15, 0.2) is 47.8 Å². The standard InChI is InChI=1S/C18H20N4O3/c23-18(15-5-4-8-17(11-15)22(24)25)20-19-12-14-9-10-21(13-14)16-6-2-1-3-7-16/h4-5,8-13,16H,1-3,6-7H2,(H,20,23)/b19-12-. The Balaban J connectivity index is 1.59. The number of carbonyl (C=O) groups is 1. The Morgan fingerprint density at radius 3 is 2.84 bits per heavy atom. The number of benzene rings is 1. The topological polar surface area (TPSA) is 89.5 Å². The molecule has 0 saturated heterocycles. The Morgan fingerprint density at radius 1 is 1.28 bits per heavy atom. The third-order valence-electron chi connectivity index (χ3n) is 4.43. The van der Waals surface area contributed by atoms with Crippen LogP contribution in [0.1, 0.15) is 54.1 Å². The zero-order valence-electron chi connectivity index (χ0n) is 13.8. The number of hydrazone groups is 1. The molecule has 1 heterocycles. The zero-order valence-corrected chi connectivity index (χ0v) is 13.8. The summed E-state index contributed by atoms with van der Waals surface area (Å²) in [6.45, 7) is 0. The summed E-state index contributed by atoms with van der Waals surface area (Å²) in [6.07, 6.45) is 11.9. The first-order valence-electron chi connectivity index (χ1n) is 8.39. The molecule has 1 aliphatic rings. The molecule has 1 amide bonds. The molecule has 1 saturated carbocycles. The van der Waals surface area contributed by atoms with Crippen LogP contribution < -0.4 is 5.43 Å². The summed E-state index contributed by atoms with van der Waals surface area (Å²) in [7, 11) is 0. The number of nitrogens with one attached hydrogen (secondary N) is 1. The van der Waals surface area contributed by atoms with Gasteiger partial charge in [0.15, 0.2) is 0 Å². The third kappa shape index (κ3) is 4.32. The molecule has 0 aliphatic heterocycles. The maximum absolute atomic E-state index is 12.0. The molecule has 2 aromatic rings. The van der Waals surface area contributed by atoms with Crippen molar-refractivity contribution in [3.05, 3.63) is 64.0 Å². The Kier molecular flexibility index (Phi) is 5.23. The second kappa shape index (κ2) is 7.74. The average molecular weight is 340 g/mol. The molecule has 1 aromatic carbocycles. The number of nitro benzene ring substituents is 1. The molecule has 1 aromatic heterocycles. The predicted octanol–water partition coefficient (Wildman–Crippen LogP) is 3.67. The molecule has 0 bridgehead atoms. The van der Waals surface area contributed by atoms with Gasteiger partial charge in [-0.1, -0.05) is 25.3 Å². The lowest BCUT2D eigenvalue weighted by Crippen LogP contribution is -2.17. The molecule has 1 aliphatic carbocycles. The number of non-ortho nitro benzene ring substituents is 1. The Morgan fingerprint density at radius 2 is 2.08 bits per heavy atom. The van der Waals surface area contributed by atoms with Gasteiger partial charge in [0.25, 0.3) is 11.6 Å². The van der Waals surface area contributed by atoms with Crippen LogP contribution in [0.5, 0.6) is 0 Å². The van der Waals surface area contributed by atoms with E-state index in [-0.39, 0.29) is 11.3 Å².